The minimum absolute atomic E-state index is 0.0316. The van der Waals surface area contributed by atoms with Crippen LogP contribution in [-0.2, 0) is 18.3 Å². The maximum atomic E-state index is 12.8. The lowest BCUT2D eigenvalue weighted by Crippen LogP contribution is -2.13. The van der Waals surface area contributed by atoms with Crippen molar-refractivity contribution in [1.82, 2.24) is 34.3 Å². The zero-order valence-corrected chi connectivity index (χ0v) is 18.8. The van der Waals surface area contributed by atoms with Crippen LogP contribution in [-0.4, -0.2) is 53.8 Å². The molecule has 4 aromatic rings. The number of aromatic nitrogens is 7. The van der Waals surface area contributed by atoms with Gasteiger partial charge in [-0.05, 0) is 19.8 Å². The highest BCUT2D eigenvalue weighted by Crippen LogP contribution is 2.44. The topological polar surface area (TPSA) is 113 Å². The number of nitrogens with zero attached hydrogens (tertiary/aromatic N) is 7. The molecule has 0 amide bonds. The molecule has 0 aliphatic heterocycles. The van der Waals surface area contributed by atoms with E-state index in [4.69, 9.17) is 9.72 Å². The van der Waals surface area contributed by atoms with Gasteiger partial charge in [-0.25, -0.2) is 28.5 Å². The quantitative estimate of drug-likeness (QED) is 0.410. The Morgan fingerprint density at radius 1 is 1.29 bits per heavy atom. The summed E-state index contributed by atoms with van der Waals surface area (Å²) < 4.78 is 33.6. The lowest BCUT2D eigenvalue weighted by atomic mass is 10.1. The van der Waals surface area contributed by atoms with Crippen LogP contribution in [0.1, 0.15) is 40.6 Å². The van der Waals surface area contributed by atoms with Gasteiger partial charge in [-0.15, -0.1) is 0 Å². The molecule has 0 radical (unpaired) electrons. The van der Waals surface area contributed by atoms with Crippen molar-refractivity contribution in [1.29, 1.82) is 0 Å². The zero-order chi connectivity index (χ0) is 24.0. The van der Waals surface area contributed by atoms with Gasteiger partial charge in [0.2, 0.25) is 0 Å². The molecule has 1 aliphatic carbocycles. The highest BCUT2D eigenvalue weighted by molar-refractivity contribution is 5.96. The number of hydrogen-bond donors (Lipinski definition) is 1. The molecule has 34 heavy (non-hydrogen) atoms. The minimum Gasteiger partial charge on any atom is -0.464 e. The predicted octanol–water partition coefficient (Wildman–Crippen LogP) is 3.60. The molecule has 4 heterocycles. The van der Waals surface area contributed by atoms with E-state index in [2.05, 4.69) is 25.4 Å². The maximum absolute atomic E-state index is 12.8. The van der Waals surface area contributed by atoms with Gasteiger partial charge in [-0.1, -0.05) is 0 Å². The molecule has 10 nitrogen and oxygen atoms in total. The number of carbonyl (C=O) groups is 1. The number of nitrogens with one attached hydrogen (secondary N) is 1. The molecule has 0 unspecified atom stereocenters. The van der Waals surface area contributed by atoms with Gasteiger partial charge < -0.3 is 14.6 Å². The van der Waals surface area contributed by atoms with Crippen LogP contribution in [0.4, 0.5) is 20.3 Å². The average Bonchev–Trinajstić information content (AvgIpc) is 3.51. The van der Waals surface area contributed by atoms with E-state index < -0.39 is 18.9 Å². The van der Waals surface area contributed by atoms with E-state index in [1.807, 2.05) is 11.6 Å². The van der Waals surface area contributed by atoms with Crippen molar-refractivity contribution in [3.8, 4) is 11.3 Å². The maximum Gasteiger partial charge on any atom is 0.360 e. The van der Waals surface area contributed by atoms with Crippen LogP contribution in [0.2, 0.25) is 0 Å². The molecule has 0 saturated heterocycles. The van der Waals surface area contributed by atoms with E-state index in [1.54, 1.807) is 25.6 Å². The second-order valence-electron chi connectivity index (χ2n) is 8.20. The number of aryl methyl sites for hydroxylation is 2. The second-order valence-corrected chi connectivity index (χ2v) is 8.20. The molecular formula is C22H22F2N8O2. The van der Waals surface area contributed by atoms with Gasteiger partial charge in [0.1, 0.15) is 12.1 Å². The van der Waals surface area contributed by atoms with Crippen molar-refractivity contribution in [2.75, 3.05) is 12.4 Å². The molecule has 4 aromatic heterocycles. The molecule has 5 rings (SSSR count). The van der Waals surface area contributed by atoms with E-state index >= 15 is 0 Å². The molecule has 12 heteroatoms. The number of esters is 1. The SMILES string of the molecule is COC(=O)c1nc(-c2cncc3c2ncn3C)c(C2CC2)nc1Nc1cn(CC(F)F)nc1C. The van der Waals surface area contributed by atoms with Crippen molar-refractivity contribution >= 4 is 28.5 Å². The van der Waals surface area contributed by atoms with Crippen molar-refractivity contribution in [3.05, 3.63) is 42.0 Å². The number of pyridine rings is 1. The van der Waals surface area contributed by atoms with Crippen LogP contribution in [0.3, 0.4) is 0 Å². The van der Waals surface area contributed by atoms with Gasteiger partial charge in [0, 0.05) is 30.9 Å². The number of imidazole rings is 1. The highest BCUT2D eigenvalue weighted by atomic mass is 19.3. The van der Waals surface area contributed by atoms with Crippen molar-refractivity contribution in [2.45, 2.75) is 38.7 Å². The first-order chi connectivity index (χ1) is 16.4. The Hall–Kier alpha value is -3.96. The van der Waals surface area contributed by atoms with Crippen molar-refractivity contribution < 1.29 is 18.3 Å². The summed E-state index contributed by atoms with van der Waals surface area (Å²) in [7, 11) is 3.13. The first kappa shape index (κ1) is 21.9. The molecule has 1 aliphatic rings. The number of ether oxygens (including phenoxy) is 1. The van der Waals surface area contributed by atoms with Crippen LogP contribution < -0.4 is 5.32 Å². The summed E-state index contributed by atoms with van der Waals surface area (Å²) in [6.45, 7) is 1.14. The van der Waals surface area contributed by atoms with Gasteiger partial charge >= 0.3 is 5.97 Å². The van der Waals surface area contributed by atoms with Gasteiger partial charge in [0.25, 0.3) is 6.43 Å². The fourth-order valence-electron chi connectivity index (χ4n) is 3.83. The number of halogens is 2. The number of hydrogen-bond acceptors (Lipinski definition) is 8. The molecule has 0 aromatic carbocycles. The third-order valence-corrected chi connectivity index (χ3v) is 5.68. The smallest absolute Gasteiger partial charge is 0.360 e. The van der Waals surface area contributed by atoms with Crippen molar-refractivity contribution in [3.63, 3.8) is 0 Å². The normalized spacial score (nSPS) is 13.6. The highest BCUT2D eigenvalue weighted by Gasteiger charge is 2.33. The fourth-order valence-corrected chi connectivity index (χ4v) is 3.83. The third-order valence-electron chi connectivity index (χ3n) is 5.68. The number of anilines is 2. The molecule has 1 fully saturated rings. The van der Waals surface area contributed by atoms with Crippen LogP contribution in [0, 0.1) is 6.92 Å². The Balaban J connectivity index is 1.65. The van der Waals surface area contributed by atoms with E-state index in [1.165, 1.54) is 13.3 Å². The van der Waals surface area contributed by atoms with E-state index in [-0.39, 0.29) is 17.4 Å². The Morgan fingerprint density at radius 3 is 2.79 bits per heavy atom. The third kappa shape index (κ3) is 3.95. The standard InChI is InChI=1S/C22H22F2N8O2/c1-11-14(8-32(30-11)9-16(23)24)27-21-20(22(33)34-3)28-19(17(29-21)12-4-5-12)13-6-25-7-15-18(13)26-10-31(15)2/h6-8,10,12,16H,4-5,9H2,1-3H3,(H,27,29). The van der Waals surface area contributed by atoms with Gasteiger partial charge in [0.15, 0.2) is 11.5 Å². The Labute approximate surface area is 193 Å². The predicted molar refractivity (Wildman–Crippen MR) is 119 cm³/mol. The van der Waals surface area contributed by atoms with Gasteiger partial charge in [-0.2, -0.15) is 5.10 Å². The van der Waals surface area contributed by atoms with E-state index in [0.29, 0.717) is 33.8 Å². The number of carbonyl (C=O) groups excluding carboxylic acids is 1. The van der Waals surface area contributed by atoms with Crippen LogP contribution in [0.15, 0.2) is 24.9 Å². The minimum atomic E-state index is -2.54. The summed E-state index contributed by atoms with van der Waals surface area (Å²) in [6, 6.07) is 0. The summed E-state index contributed by atoms with van der Waals surface area (Å²) in [5, 5.41) is 7.16. The largest absolute Gasteiger partial charge is 0.464 e. The van der Waals surface area contributed by atoms with Crippen LogP contribution in [0.25, 0.3) is 22.3 Å². The summed E-state index contributed by atoms with van der Waals surface area (Å²) in [5.41, 5.74) is 4.34. The summed E-state index contributed by atoms with van der Waals surface area (Å²) in [5.74, 6) is -0.327. The Kier molecular flexibility index (Phi) is 5.42. The number of alkyl halides is 2. The lowest BCUT2D eigenvalue weighted by Gasteiger charge is -2.14. The van der Waals surface area contributed by atoms with E-state index in [0.717, 1.165) is 23.0 Å². The van der Waals surface area contributed by atoms with Crippen LogP contribution in [0.5, 0.6) is 0 Å². The molecular weight excluding hydrogens is 446 g/mol. The van der Waals surface area contributed by atoms with Crippen molar-refractivity contribution in [2.24, 2.45) is 7.05 Å². The zero-order valence-electron chi connectivity index (χ0n) is 18.8. The van der Waals surface area contributed by atoms with E-state index in [9.17, 15) is 13.6 Å². The molecule has 0 spiro atoms. The first-order valence-electron chi connectivity index (χ1n) is 10.7. The molecule has 0 bridgehead atoms. The number of rotatable bonds is 7. The summed E-state index contributed by atoms with van der Waals surface area (Å²) >= 11 is 0. The number of fused-ring (bicyclic) bond motifs is 1. The first-order valence-corrected chi connectivity index (χ1v) is 10.7. The van der Waals surface area contributed by atoms with Gasteiger partial charge in [0.05, 0.1) is 47.9 Å². The fraction of sp³-hybridized carbons (Fsp3) is 0.364. The molecule has 176 valence electrons. The summed E-state index contributed by atoms with van der Waals surface area (Å²) in [6.07, 6.45) is 5.86. The monoisotopic (exact) mass is 468 g/mol. The average molecular weight is 468 g/mol. The molecule has 1 N–H and O–H groups in total. The lowest BCUT2D eigenvalue weighted by molar-refractivity contribution is 0.0595. The van der Waals surface area contributed by atoms with Gasteiger partial charge in [-0.3, -0.25) is 9.67 Å². The Morgan fingerprint density at radius 2 is 2.09 bits per heavy atom. The molecule has 1 saturated carbocycles. The Bertz CT molecular complexity index is 1390. The second kappa shape index (κ2) is 8.43. The summed E-state index contributed by atoms with van der Waals surface area (Å²) in [4.78, 5) is 31.0. The number of methoxy groups -OCH3 is 1. The molecule has 0 atom stereocenters. The van der Waals surface area contributed by atoms with Crippen LogP contribution >= 0.6 is 0 Å².